The van der Waals surface area contributed by atoms with E-state index in [1.807, 2.05) is 23.0 Å². The van der Waals surface area contributed by atoms with Gasteiger partial charge in [0.15, 0.2) is 5.65 Å². The molecule has 0 saturated carbocycles. The number of imidazole rings is 1. The molecular weight excluding hydrogens is 186 g/mol. The molecule has 0 radical (unpaired) electrons. The van der Waals surface area contributed by atoms with Crippen LogP contribution in [0.2, 0.25) is 0 Å². The molecule has 2 aromatic heterocycles. The summed E-state index contributed by atoms with van der Waals surface area (Å²) in [5.74, 6) is 0. The van der Waals surface area contributed by atoms with Gasteiger partial charge in [0.2, 0.25) is 0 Å². The van der Waals surface area contributed by atoms with Crippen LogP contribution in [-0.4, -0.2) is 14.6 Å². The topological polar surface area (TPSA) is 33.1 Å². The third-order valence-corrected chi connectivity index (χ3v) is 2.66. The van der Waals surface area contributed by atoms with Gasteiger partial charge in [0.25, 0.3) is 0 Å². The van der Waals surface area contributed by atoms with Crippen LogP contribution in [0.1, 0.15) is 5.56 Å². The Bertz CT molecular complexity index is 604. The van der Waals surface area contributed by atoms with Crippen molar-refractivity contribution < 1.29 is 0 Å². The number of hydrogen-bond acceptors (Lipinski definition) is 1. The number of aryl methyl sites for hydroxylation is 1. The van der Waals surface area contributed by atoms with Crippen molar-refractivity contribution in [1.82, 2.24) is 14.6 Å². The Morgan fingerprint density at radius 2 is 2.07 bits per heavy atom. The van der Waals surface area contributed by atoms with Gasteiger partial charge in [-0.2, -0.15) is 0 Å². The van der Waals surface area contributed by atoms with E-state index in [9.17, 15) is 0 Å². The predicted octanol–water partition coefficient (Wildman–Crippen LogP) is 2.64. The molecule has 3 heteroatoms. The van der Waals surface area contributed by atoms with Gasteiger partial charge in [-0.3, -0.25) is 5.10 Å². The van der Waals surface area contributed by atoms with Crippen LogP contribution < -0.4 is 0 Å². The lowest BCUT2D eigenvalue weighted by Crippen LogP contribution is -1.82. The van der Waals surface area contributed by atoms with Gasteiger partial charge < -0.3 is 0 Å². The largest absolute Gasteiger partial charge is 0.299 e. The lowest BCUT2D eigenvalue weighted by Gasteiger charge is -2.01. The van der Waals surface area contributed by atoms with Crippen molar-refractivity contribution in [2.24, 2.45) is 0 Å². The summed E-state index contributed by atoms with van der Waals surface area (Å²) in [7, 11) is 0. The van der Waals surface area contributed by atoms with E-state index in [1.54, 1.807) is 6.20 Å². The SMILES string of the molecule is Cc1ccccc1-c1c[nH]n2ccnc12. The third kappa shape index (κ3) is 1.16. The highest BCUT2D eigenvalue weighted by molar-refractivity contribution is 5.78. The molecule has 0 aliphatic carbocycles. The average Bonchev–Trinajstić information content (AvgIpc) is 2.80. The number of H-pyrrole nitrogens is 1. The molecule has 0 saturated heterocycles. The Hall–Kier alpha value is -2.03. The first kappa shape index (κ1) is 8.29. The van der Waals surface area contributed by atoms with E-state index in [0.29, 0.717) is 0 Å². The van der Waals surface area contributed by atoms with Gasteiger partial charge in [-0.1, -0.05) is 24.3 Å². The molecule has 3 rings (SSSR count). The highest BCUT2D eigenvalue weighted by Crippen LogP contribution is 2.25. The maximum Gasteiger partial charge on any atom is 0.160 e. The summed E-state index contributed by atoms with van der Waals surface area (Å²) in [5, 5.41) is 3.15. The smallest absolute Gasteiger partial charge is 0.160 e. The van der Waals surface area contributed by atoms with Gasteiger partial charge in [0.05, 0.1) is 0 Å². The van der Waals surface area contributed by atoms with Gasteiger partial charge in [0, 0.05) is 24.2 Å². The van der Waals surface area contributed by atoms with Crippen molar-refractivity contribution in [3.05, 3.63) is 48.4 Å². The van der Waals surface area contributed by atoms with Crippen LogP contribution >= 0.6 is 0 Å². The van der Waals surface area contributed by atoms with Crippen LogP contribution in [0.5, 0.6) is 0 Å². The van der Waals surface area contributed by atoms with E-state index in [2.05, 4.69) is 35.2 Å². The highest BCUT2D eigenvalue weighted by atomic mass is 15.2. The minimum atomic E-state index is 0.976. The number of benzene rings is 1. The summed E-state index contributed by atoms with van der Waals surface area (Å²) in [6.07, 6.45) is 5.70. The van der Waals surface area contributed by atoms with Crippen molar-refractivity contribution in [2.75, 3.05) is 0 Å². The second-order valence-corrected chi connectivity index (χ2v) is 3.62. The molecule has 0 unspecified atom stereocenters. The molecule has 0 aliphatic heterocycles. The van der Waals surface area contributed by atoms with Crippen molar-refractivity contribution in [3.8, 4) is 11.1 Å². The molecule has 3 nitrogen and oxygen atoms in total. The molecule has 0 aliphatic rings. The number of rotatable bonds is 1. The first-order valence-electron chi connectivity index (χ1n) is 4.93. The number of nitrogens with zero attached hydrogens (tertiary/aromatic N) is 2. The fourth-order valence-electron chi connectivity index (χ4n) is 1.88. The van der Waals surface area contributed by atoms with Crippen LogP contribution in [0.25, 0.3) is 16.8 Å². The number of fused-ring (bicyclic) bond motifs is 1. The Morgan fingerprint density at radius 1 is 1.20 bits per heavy atom. The zero-order valence-electron chi connectivity index (χ0n) is 8.44. The molecule has 15 heavy (non-hydrogen) atoms. The Labute approximate surface area is 87.4 Å². The van der Waals surface area contributed by atoms with Crippen molar-refractivity contribution >= 4 is 5.65 Å². The quantitative estimate of drug-likeness (QED) is 0.639. The highest BCUT2D eigenvalue weighted by Gasteiger charge is 2.08. The van der Waals surface area contributed by atoms with Crippen LogP contribution in [0, 0.1) is 6.92 Å². The maximum atomic E-state index is 4.33. The lowest BCUT2D eigenvalue weighted by molar-refractivity contribution is 0.973. The fraction of sp³-hybridized carbons (Fsp3) is 0.0833. The van der Waals surface area contributed by atoms with E-state index in [0.717, 1.165) is 11.2 Å². The molecule has 1 N–H and O–H groups in total. The molecule has 0 atom stereocenters. The summed E-state index contributed by atoms with van der Waals surface area (Å²) < 4.78 is 1.92. The van der Waals surface area contributed by atoms with E-state index in [4.69, 9.17) is 0 Å². The van der Waals surface area contributed by atoms with Crippen molar-refractivity contribution in [3.63, 3.8) is 0 Å². The Balaban J connectivity index is 2.31. The van der Waals surface area contributed by atoms with Gasteiger partial charge in [0.1, 0.15) is 0 Å². The van der Waals surface area contributed by atoms with Gasteiger partial charge in [-0.25, -0.2) is 9.50 Å². The summed E-state index contributed by atoms with van der Waals surface area (Å²) >= 11 is 0. The third-order valence-electron chi connectivity index (χ3n) is 2.66. The lowest BCUT2D eigenvalue weighted by atomic mass is 10.0. The summed E-state index contributed by atoms with van der Waals surface area (Å²) in [6, 6.07) is 8.33. The average molecular weight is 197 g/mol. The Morgan fingerprint density at radius 3 is 2.93 bits per heavy atom. The Kier molecular flexibility index (Phi) is 1.65. The second-order valence-electron chi connectivity index (χ2n) is 3.62. The monoisotopic (exact) mass is 197 g/mol. The molecule has 0 bridgehead atoms. The number of aromatic amines is 1. The standard InChI is InChI=1S/C12H11N3/c1-9-4-2-3-5-10(9)11-8-14-15-7-6-13-12(11)15/h2-8,14H,1H3. The van der Waals surface area contributed by atoms with Crippen LogP contribution in [-0.2, 0) is 0 Å². The summed E-state index contributed by atoms with van der Waals surface area (Å²) in [6.45, 7) is 2.11. The molecule has 0 amide bonds. The molecule has 74 valence electrons. The molecule has 0 fully saturated rings. The number of nitrogens with one attached hydrogen (secondary N) is 1. The van der Waals surface area contributed by atoms with Gasteiger partial charge >= 0.3 is 0 Å². The zero-order valence-corrected chi connectivity index (χ0v) is 8.44. The van der Waals surface area contributed by atoms with Crippen LogP contribution in [0.15, 0.2) is 42.9 Å². The van der Waals surface area contributed by atoms with Gasteiger partial charge in [-0.15, -0.1) is 0 Å². The zero-order chi connectivity index (χ0) is 10.3. The number of hydrogen-bond donors (Lipinski definition) is 1. The van der Waals surface area contributed by atoms with Crippen molar-refractivity contribution in [2.45, 2.75) is 6.92 Å². The summed E-state index contributed by atoms with van der Waals surface area (Å²) in [4.78, 5) is 4.33. The maximum absolute atomic E-state index is 4.33. The molecule has 2 heterocycles. The normalized spacial score (nSPS) is 11.0. The minimum absolute atomic E-state index is 0.976. The fourth-order valence-corrected chi connectivity index (χ4v) is 1.88. The van der Waals surface area contributed by atoms with Crippen LogP contribution in [0.4, 0.5) is 0 Å². The number of aromatic nitrogens is 3. The minimum Gasteiger partial charge on any atom is -0.299 e. The van der Waals surface area contributed by atoms with E-state index >= 15 is 0 Å². The molecular formula is C12H11N3. The van der Waals surface area contributed by atoms with E-state index in [1.165, 1.54) is 11.1 Å². The van der Waals surface area contributed by atoms with Crippen molar-refractivity contribution in [1.29, 1.82) is 0 Å². The van der Waals surface area contributed by atoms with Crippen LogP contribution in [0.3, 0.4) is 0 Å². The summed E-state index contributed by atoms with van der Waals surface area (Å²) in [5.41, 5.74) is 4.62. The first-order valence-corrected chi connectivity index (χ1v) is 4.93. The first-order chi connectivity index (χ1) is 7.36. The molecule has 3 aromatic rings. The predicted molar refractivity (Wildman–Crippen MR) is 59.7 cm³/mol. The van der Waals surface area contributed by atoms with E-state index < -0.39 is 0 Å². The second kappa shape index (κ2) is 2.98. The molecule has 0 spiro atoms. The van der Waals surface area contributed by atoms with Gasteiger partial charge in [-0.05, 0) is 18.1 Å². The van der Waals surface area contributed by atoms with E-state index in [-0.39, 0.29) is 0 Å². The molecule has 1 aromatic carbocycles.